The molecule has 2 nitrogen and oxygen atoms in total. The van der Waals surface area contributed by atoms with E-state index in [4.69, 9.17) is 4.42 Å². The Labute approximate surface area is 116 Å². The predicted octanol–water partition coefficient (Wildman–Crippen LogP) is 4.14. The van der Waals surface area contributed by atoms with E-state index < -0.39 is 11.4 Å². The molecule has 2 aromatic carbocycles. The highest BCUT2D eigenvalue weighted by Gasteiger charge is 2.30. The van der Waals surface area contributed by atoms with Gasteiger partial charge in [0, 0.05) is 5.39 Å². The van der Waals surface area contributed by atoms with E-state index in [1.807, 2.05) is 31.2 Å². The van der Waals surface area contributed by atoms with E-state index in [9.17, 15) is 9.50 Å². The van der Waals surface area contributed by atoms with Crippen LogP contribution in [-0.4, -0.2) is 5.11 Å². The summed E-state index contributed by atoms with van der Waals surface area (Å²) in [7, 11) is 0. The molecule has 3 heteroatoms. The molecule has 0 aliphatic rings. The summed E-state index contributed by atoms with van der Waals surface area (Å²) in [6, 6.07) is 14.0. The molecule has 0 fully saturated rings. The van der Waals surface area contributed by atoms with Gasteiger partial charge in [-0.2, -0.15) is 0 Å². The third kappa shape index (κ3) is 2.00. The van der Waals surface area contributed by atoms with Crippen molar-refractivity contribution in [1.29, 1.82) is 0 Å². The van der Waals surface area contributed by atoms with Crippen molar-refractivity contribution in [3.63, 3.8) is 0 Å². The molecule has 0 amide bonds. The Morgan fingerprint density at radius 1 is 1.10 bits per heavy atom. The van der Waals surface area contributed by atoms with Gasteiger partial charge in [0.25, 0.3) is 0 Å². The molecule has 0 spiro atoms. The van der Waals surface area contributed by atoms with Crippen LogP contribution in [0.15, 0.2) is 52.9 Å². The van der Waals surface area contributed by atoms with Crippen molar-refractivity contribution < 1.29 is 13.9 Å². The summed E-state index contributed by atoms with van der Waals surface area (Å²) in [6.07, 6.45) is 0. The molecule has 3 aromatic rings. The molecule has 0 saturated heterocycles. The summed E-state index contributed by atoms with van der Waals surface area (Å²) in [5.41, 5.74) is 0.648. The third-order valence-corrected chi connectivity index (χ3v) is 3.56. The Morgan fingerprint density at radius 2 is 1.85 bits per heavy atom. The number of hydrogen-bond donors (Lipinski definition) is 1. The van der Waals surface area contributed by atoms with E-state index in [1.165, 1.54) is 6.07 Å². The van der Waals surface area contributed by atoms with Crippen molar-refractivity contribution >= 4 is 11.0 Å². The highest BCUT2D eigenvalue weighted by atomic mass is 19.1. The first-order valence-electron chi connectivity index (χ1n) is 6.46. The van der Waals surface area contributed by atoms with E-state index in [0.29, 0.717) is 11.1 Å². The van der Waals surface area contributed by atoms with Crippen LogP contribution in [0, 0.1) is 12.7 Å². The van der Waals surface area contributed by atoms with Gasteiger partial charge in [-0.3, -0.25) is 0 Å². The van der Waals surface area contributed by atoms with Gasteiger partial charge < -0.3 is 9.52 Å². The molecular weight excluding hydrogens is 255 g/mol. The van der Waals surface area contributed by atoms with E-state index in [0.717, 1.165) is 11.1 Å². The second-order valence-electron chi connectivity index (χ2n) is 5.21. The predicted molar refractivity (Wildman–Crippen MR) is 76.0 cm³/mol. The van der Waals surface area contributed by atoms with E-state index in [2.05, 4.69) is 0 Å². The largest absolute Gasteiger partial charge is 0.455 e. The lowest BCUT2D eigenvalue weighted by atomic mass is 9.92. The number of para-hydroxylation sites is 1. The Kier molecular flexibility index (Phi) is 2.87. The molecule has 102 valence electrons. The number of fused-ring (bicyclic) bond motifs is 1. The van der Waals surface area contributed by atoms with Gasteiger partial charge in [-0.15, -0.1) is 0 Å². The topological polar surface area (TPSA) is 33.4 Å². The molecule has 1 N–H and O–H groups in total. The molecule has 1 heterocycles. The van der Waals surface area contributed by atoms with Crippen LogP contribution in [0.25, 0.3) is 11.0 Å². The first-order chi connectivity index (χ1) is 9.48. The number of rotatable bonds is 2. The number of furan rings is 1. The van der Waals surface area contributed by atoms with Gasteiger partial charge >= 0.3 is 0 Å². The summed E-state index contributed by atoms with van der Waals surface area (Å²) in [5.74, 6) is -0.0861. The highest BCUT2D eigenvalue weighted by Crippen LogP contribution is 2.34. The number of aryl methyl sites for hydroxylation is 1. The van der Waals surface area contributed by atoms with Gasteiger partial charge in [-0.05, 0) is 31.5 Å². The number of halogens is 1. The van der Waals surface area contributed by atoms with Crippen LogP contribution in [0.4, 0.5) is 4.39 Å². The Morgan fingerprint density at radius 3 is 2.55 bits per heavy atom. The van der Waals surface area contributed by atoms with Crippen LogP contribution >= 0.6 is 0 Å². The van der Waals surface area contributed by atoms with Crippen molar-refractivity contribution in [3.05, 3.63) is 71.2 Å². The minimum Gasteiger partial charge on any atom is -0.455 e. The average molecular weight is 270 g/mol. The van der Waals surface area contributed by atoms with Gasteiger partial charge in [-0.1, -0.05) is 42.0 Å². The summed E-state index contributed by atoms with van der Waals surface area (Å²) < 4.78 is 19.2. The molecule has 1 unspecified atom stereocenters. The number of aliphatic hydroxyl groups is 1. The van der Waals surface area contributed by atoms with Crippen molar-refractivity contribution in [2.24, 2.45) is 0 Å². The average Bonchev–Trinajstić information content (AvgIpc) is 2.85. The highest BCUT2D eigenvalue weighted by molar-refractivity contribution is 5.78. The van der Waals surface area contributed by atoms with Crippen LogP contribution in [0.1, 0.15) is 23.8 Å². The molecule has 1 aromatic heterocycles. The van der Waals surface area contributed by atoms with E-state index in [1.54, 1.807) is 25.1 Å². The SMILES string of the molecule is Cc1cccc(C(C)(O)c2cc3cccc(F)c3o2)c1. The van der Waals surface area contributed by atoms with Gasteiger partial charge in [0.2, 0.25) is 0 Å². The Hall–Kier alpha value is -2.13. The van der Waals surface area contributed by atoms with Gasteiger partial charge in [0.1, 0.15) is 11.4 Å². The quantitative estimate of drug-likeness (QED) is 0.759. The summed E-state index contributed by atoms with van der Waals surface area (Å²) in [5, 5.41) is 11.4. The smallest absolute Gasteiger partial charge is 0.170 e. The lowest BCUT2D eigenvalue weighted by molar-refractivity contribution is 0.0784. The Balaban J connectivity index is 2.16. The lowest BCUT2D eigenvalue weighted by Crippen LogP contribution is -2.22. The molecule has 20 heavy (non-hydrogen) atoms. The van der Waals surface area contributed by atoms with Gasteiger partial charge in [0.15, 0.2) is 11.4 Å². The number of benzene rings is 2. The second kappa shape index (κ2) is 4.46. The summed E-state index contributed by atoms with van der Waals surface area (Å²) >= 11 is 0. The maximum Gasteiger partial charge on any atom is 0.170 e. The van der Waals surface area contributed by atoms with E-state index in [-0.39, 0.29) is 5.58 Å². The van der Waals surface area contributed by atoms with Gasteiger partial charge in [-0.25, -0.2) is 4.39 Å². The molecular formula is C17H15FO2. The first kappa shape index (κ1) is 12.9. The van der Waals surface area contributed by atoms with Crippen LogP contribution < -0.4 is 0 Å². The van der Waals surface area contributed by atoms with Gasteiger partial charge in [0.05, 0.1) is 0 Å². The zero-order chi connectivity index (χ0) is 14.3. The molecule has 0 radical (unpaired) electrons. The maximum atomic E-state index is 13.7. The summed E-state index contributed by atoms with van der Waals surface area (Å²) in [4.78, 5) is 0. The zero-order valence-corrected chi connectivity index (χ0v) is 11.4. The van der Waals surface area contributed by atoms with Crippen molar-refractivity contribution in [1.82, 2.24) is 0 Å². The molecule has 0 aliphatic heterocycles. The Bertz CT molecular complexity index is 772. The van der Waals surface area contributed by atoms with Crippen molar-refractivity contribution in [2.45, 2.75) is 19.4 Å². The molecule has 0 saturated carbocycles. The number of hydrogen-bond acceptors (Lipinski definition) is 2. The fraction of sp³-hybridized carbons (Fsp3) is 0.176. The first-order valence-corrected chi connectivity index (χ1v) is 6.46. The summed E-state index contributed by atoms with van der Waals surface area (Å²) in [6.45, 7) is 3.61. The molecule has 0 bridgehead atoms. The monoisotopic (exact) mass is 270 g/mol. The van der Waals surface area contributed by atoms with Crippen molar-refractivity contribution in [2.75, 3.05) is 0 Å². The normalized spacial score (nSPS) is 14.4. The van der Waals surface area contributed by atoms with Crippen LogP contribution in [0.5, 0.6) is 0 Å². The van der Waals surface area contributed by atoms with Crippen LogP contribution in [-0.2, 0) is 5.60 Å². The minimum atomic E-state index is -1.29. The standard InChI is InChI=1S/C17H15FO2/c1-11-5-3-7-13(9-11)17(2,19)15-10-12-6-4-8-14(18)16(12)20-15/h3-10,19H,1-2H3. The third-order valence-electron chi connectivity index (χ3n) is 3.56. The van der Waals surface area contributed by atoms with Crippen LogP contribution in [0.2, 0.25) is 0 Å². The minimum absolute atomic E-state index is 0.176. The zero-order valence-electron chi connectivity index (χ0n) is 11.4. The fourth-order valence-corrected chi connectivity index (χ4v) is 2.36. The van der Waals surface area contributed by atoms with Crippen molar-refractivity contribution in [3.8, 4) is 0 Å². The van der Waals surface area contributed by atoms with E-state index >= 15 is 0 Å². The molecule has 1 atom stereocenters. The molecule has 0 aliphatic carbocycles. The lowest BCUT2D eigenvalue weighted by Gasteiger charge is -2.21. The second-order valence-corrected chi connectivity index (χ2v) is 5.21. The molecule has 3 rings (SSSR count). The maximum absolute atomic E-state index is 13.7. The van der Waals surface area contributed by atoms with Crippen LogP contribution in [0.3, 0.4) is 0 Å². The fourth-order valence-electron chi connectivity index (χ4n) is 2.36.